The van der Waals surface area contributed by atoms with Crippen molar-refractivity contribution in [3.63, 3.8) is 0 Å². The summed E-state index contributed by atoms with van der Waals surface area (Å²) < 4.78 is 1.22. The Hall–Kier alpha value is 0.430. The maximum absolute atomic E-state index is 3.54. The second-order valence-corrected chi connectivity index (χ2v) is 5.03. The molecule has 0 unspecified atom stereocenters. The first-order chi connectivity index (χ1) is 5.86. The summed E-state index contributed by atoms with van der Waals surface area (Å²) in [4.78, 5) is 1.47. The average Bonchev–Trinajstić information content (AvgIpc) is 2.54. The Balaban J connectivity index is 0.000000845. The van der Waals surface area contributed by atoms with Gasteiger partial charge in [-0.2, -0.15) is 0 Å². The van der Waals surface area contributed by atoms with Crippen molar-refractivity contribution in [1.29, 1.82) is 0 Å². The summed E-state index contributed by atoms with van der Waals surface area (Å²) in [6, 6.07) is 2.85. The van der Waals surface area contributed by atoms with Gasteiger partial charge in [0.1, 0.15) is 0 Å². The van der Waals surface area contributed by atoms with E-state index in [4.69, 9.17) is 0 Å². The van der Waals surface area contributed by atoms with Crippen LogP contribution in [0.4, 0.5) is 0 Å². The average molecular weight is 283 g/mol. The molecule has 1 nitrogen and oxygen atoms in total. The van der Waals surface area contributed by atoms with E-state index in [0.717, 1.165) is 0 Å². The summed E-state index contributed by atoms with van der Waals surface area (Å²) in [6.45, 7) is 1.18. The molecule has 0 aromatic carbocycles. The molecular weight excluding hydrogens is 270 g/mol. The topological polar surface area (TPSA) is 12.0 Å². The zero-order valence-electron chi connectivity index (χ0n) is 7.25. The Labute approximate surface area is 97.5 Å². The second kappa shape index (κ2) is 5.35. The van der Waals surface area contributed by atoms with Crippen molar-refractivity contribution < 1.29 is 0 Å². The molecule has 2 heterocycles. The lowest BCUT2D eigenvalue weighted by Crippen LogP contribution is -2.25. The maximum atomic E-state index is 3.54. The van der Waals surface area contributed by atoms with E-state index in [1.807, 2.05) is 11.3 Å². The molecule has 1 aromatic heterocycles. The number of nitrogens with one attached hydrogen (secondary N) is 1. The maximum Gasteiger partial charge on any atom is 0.0415 e. The van der Waals surface area contributed by atoms with Crippen LogP contribution in [0.25, 0.3) is 0 Å². The fraction of sp³-hybridized carbons (Fsp3) is 0.556. The van der Waals surface area contributed by atoms with Gasteiger partial charge in [-0.3, -0.25) is 0 Å². The first-order valence-electron chi connectivity index (χ1n) is 4.33. The molecule has 4 heteroatoms. The van der Waals surface area contributed by atoms with E-state index in [0.29, 0.717) is 6.04 Å². The summed E-state index contributed by atoms with van der Waals surface area (Å²) >= 11 is 5.33. The number of hydrogen-bond donors (Lipinski definition) is 1. The van der Waals surface area contributed by atoms with Crippen molar-refractivity contribution in [3.05, 3.63) is 20.8 Å². The minimum atomic E-state index is 0. The van der Waals surface area contributed by atoms with Crippen LogP contribution < -0.4 is 5.32 Å². The van der Waals surface area contributed by atoms with E-state index < -0.39 is 0 Å². The van der Waals surface area contributed by atoms with E-state index in [1.54, 1.807) is 0 Å². The van der Waals surface area contributed by atoms with Crippen molar-refractivity contribution in [2.75, 3.05) is 6.54 Å². The molecule has 0 bridgehead atoms. The quantitative estimate of drug-likeness (QED) is 0.827. The lowest BCUT2D eigenvalue weighted by atomic mass is 10.0. The van der Waals surface area contributed by atoms with Crippen molar-refractivity contribution in [2.24, 2.45) is 0 Å². The van der Waals surface area contributed by atoms with Crippen LogP contribution in [0, 0.1) is 0 Å². The second-order valence-electron chi connectivity index (χ2n) is 3.17. The zero-order chi connectivity index (χ0) is 8.39. The van der Waals surface area contributed by atoms with E-state index in [-0.39, 0.29) is 12.4 Å². The molecule has 1 saturated heterocycles. The Bertz CT molecular complexity index is 258. The summed E-state index contributed by atoms with van der Waals surface area (Å²) in [7, 11) is 0. The van der Waals surface area contributed by atoms with E-state index >= 15 is 0 Å². The van der Waals surface area contributed by atoms with Crippen LogP contribution in [0.3, 0.4) is 0 Å². The van der Waals surface area contributed by atoms with Gasteiger partial charge in [0, 0.05) is 20.8 Å². The number of hydrogen-bond acceptors (Lipinski definition) is 2. The van der Waals surface area contributed by atoms with Crippen LogP contribution in [-0.4, -0.2) is 6.54 Å². The Kier molecular flexibility index (Phi) is 4.73. The molecule has 1 aliphatic rings. The van der Waals surface area contributed by atoms with Gasteiger partial charge in [0.25, 0.3) is 0 Å². The van der Waals surface area contributed by atoms with Gasteiger partial charge in [-0.1, -0.05) is 6.42 Å². The molecule has 0 spiro atoms. The monoisotopic (exact) mass is 281 g/mol. The number of rotatable bonds is 1. The van der Waals surface area contributed by atoms with Crippen LogP contribution in [0.15, 0.2) is 15.9 Å². The number of piperidine rings is 1. The highest BCUT2D eigenvalue weighted by Crippen LogP contribution is 2.30. The SMILES string of the molecule is Brc1csc([C@H]2CCCCN2)c1.Cl. The van der Waals surface area contributed by atoms with Gasteiger partial charge >= 0.3 is 0 Å². The minimum absolute atomic E-state index is 0. The molecule has 1 aliphatic heterocycles. The Morgan fingerprint density at radius 1 is 1.46 bits per heavy atom. The molecule has 1 N–H and O–H groups in total. The van der Waals surface area contributed by atoms with Crippen LogP contribution >= 0.6 is 39.7 Å². The van der Waals surface area contributed by atoms with Gasteiger partial charge in [0.2, 0.25) is 0 Å². The molecular formula is C9H13BrClNS. The van der Waals surface area contributed by atoms with E-state index in [1.165, 1.54) is 35.2 Å². The summed E-state index contributed by atoms with van der Waals surface area (Å²) in [5.41, 5.74) is 0. The lowest BCUT2D eigenvalue weighted by molar-refractivity contribution is 0.417. The van der Waals surface area contributed by atoms with Gasteiger partial charge < -0.3 is 5.32 Å². The highest BCUT2D eigenvalue weighted by molar-refractivity contribution is 9.10. The van der Waals surface area contributed by atoms with E-state index in [9.17, 15) is 0 Å². The highest BCUT2D eigenvalue weighted by Gasteiger charge is 2.15. The number of halogens is 2. The van der Waals surface area contributed by atoms with Crippen molar-refractivity contribution in [3.8, 4) is 0 Å². The summed E-state index contributed by atoms with van der Waals surface area (Å²) in [5.74, 6) is 0. The number of thiophene rings is 1. The smallest absolute Gasteiger partial charge is 0.0415 e. The molecule has 13 heavy (non-hydrogen) atoms. The first-order valence-corrected chi connectivity index (χ1v) is 6.01. The lowest BCUT2D eigenvalue weighted by Gasteiger charge is -2.21. The molecule has 1 atom stereocenters. The zero-order valence-corrected chi connectivity index (χ0v) is 10.5. The molecule has 74 valence electrons. The van der Waals surface area contributed by atoms with Crippen LogP contribution in [-0.2, 0) is 0 Å². The predicted octanol–water partition coefficient (Wildman–Crippen LogP) is 3.75. The predicted molar refractivity (Wildman–Crippen MR) is 63.9 cm³/mol. The highest BCUT2D eigenvalue weighted by atomic mass is 79.9. The van der Waals surface area contributed by atoms with Crippen molar-refractivity contribution in [2.45, 2.75) is 25.3 Å². The Morgan fingerprint density at radius 2 is 2.31 bits per heavy atom. The molecule has 0 aliphatic carbocycles. The third-order valence-electron chi connectivity index (χ3n) is 2.24. The van der Waals surface area contributed by atoms with Crippen LogP contribution in [0.5, 0.6) is 0 Å². The molecule has 2 rings (SSSR count). The van der Waals surface area contributed by atoms with Gasteiger partial charge in [0.15, 0.2) is 0 Å². The van der Waals surface area contributed by atoms with Gasteiger partial charge in [0.05, 0.1) is 0 Å². The fourth-order valence-electron chi connectivity index (χ4n) is 1.61. The molecule has 1 fully saturated rings. The van der Waals surface area contributed by atoms with Crippen molar-refractivity contribution in [1.82, 2.24) is 5.32 Å². The fourth-order valence-corrected chi connectivity index (χ4v) is 3.16. The van der Waals surface area contributed by atoms with Crippen LogP contribution in [0.1, 0.15) is 30.2 Å². The molecule has 1 aromatic rings. The summed E-state index contributed by atoms with van der Waals surface area (Å²) in [5, 5.41) is 5.70. The molecule has 0 saturated carbocycles. The largest absolute Gasteiger partial charge is 0.309 e. The van der Waals surface area contributed by atoms with Crippen molar-refractivity contribution >= 4 is 39.7 Å². The normalized spacial score (nSPS) is 22.4. The van der Waals surface area contributed by atoms with Gasteiger partial charge in [-0.25, -0.2) is 0 Å². The van der Waals surface area contributed by atoms with Crippen LogP contribution in [0.2, 0.25) is 0 Å². The third kappa shape index (κ3) is 2.94. The minimum Gasteiger partial charge on any atom is -0.309 e. The molecule has 0 amide bonds. The van der Waals surface area contributed by atoms with E-state index in [2.05, 4.69) is 32.7 Å². The molecule has 0 radical (unpaired) electrons. The van der Waals surface area contributed by atoms with Gasteiger partial charge in [-0.15, -0.1) is 23.7 Å². The van der Waals surface area contributed by atoms with Gasteiger partial charge in [-0.05, 0) is 41.4 Å². The Morgan fingerprint density at radius 3 is 2.85 bits per heavy atom. The third-order valence-corrected chi connectivity index (χ3v) is 4.05. The standard InChI is InChI=1S/C9H12BrNS.ClH/c10-7-5-9(12-6-7)8-3-1-2-4-11-8;/h5-6,8,11H,1-4H2;1H/t8-;/m1./s1. The first kappa shape index (κ1) is 11.5. The summed E-state index contributed by atoms with van der Waals surface area (Å²) in [6.07, 6.45) is 4.00.